The molecule has 0 radical (unpaired) electrons. The number of fused-ring (bicyclic) bond motifs is 10. The van der Waals surface area contributed by atoms with Crippen molar-refractivity contribution in [2.45, 2.75) is 13.8 Å². The van der Waals surface area contributed by atoms with Gasteiger partial charge in [0.05, 0.1) is 0 Å². The van der Waals surface area contributed by atoms with E-state index in [1.807, 2.05) is 0 Å². The van der Waals surface area contributed by atoms with Gasteiger partial charge in [0, 0.05) is 49.7 Å². The molecule has 3 nitrogen and oxygen atoms in total. The van der Waals surface area contributed by atoms with Crippen LogP contribution < -0.4 is 4.90 Å². The number of furan rings is 2. The lowest BCUT2D eigenvalue weighted by molar-refractivity contribution is 0.667. The Morgan fingerprint density at radius 3 is 1.15 bits per heavy atom. The first-order valence-corrected chi connectivity index (χ1v) is 20.9. The number of hydrogen-bond acceptors (Lipinski definition) is 3. The third-order valence-electron chi connectivity index (χ3n) is 12.5. The van der Waals surface area contributed by atoms with Crippen molar-refractivity contribution in [3.05, 3.63) is 211 Å². The second-order valence-electron chi connectivity index (χ2n) is 16.1. The first kappa shape index (κ1) is 35.1. The van der Waals surface area contributed by atoms with Crippen LogP contribution in [0.2, 0.25) is 0 Å². The molecule has 2 aromatic heterocycles. The molecule has 288 valence electrons. The van der Waals surface area contributed by atoms with E-state index < -0.39 is 0 Å². The summed E-state index contributed by atoms with van der Waals surface area (Å²) in [6.45, 7) is 4.28. The first-order valence-electron chi connectivity index (χ1n) is 20.9. The number of rotatable bonds is 6. The molecule has 0 aliphatic heterocycles. The molecule has 0 N–H and O–H groups in total. The molecule has 0 saturated carbocycles. The maximum Gasteiger partial charge on any atom is 0.143 e. The van der Waals surface area contributed by atoms with Crippen molar-refractivity contribution in [3.8, 4) is 33.4 Å². The third-order valence-corrected chi connectivity index (χ3v) is 12.5. The minimum Gasteiger partial charge on any atom is -0.455 e. The summed E-state index contributed by atoms with van der Waals surface area (Å²) >= 11 is 0. The Hall–Kier alpha value is -7.88. The number of nitrogens with zero attached hydrogens (tertiary/aromatic N) is 1. The molecule has 10 aromatic carbocycles. The van der Waals surface area contributed by atoms with Gasteiger partial charge >= 0.3 is 0 Å². The van der Waals surface area contributed by atoms with E-state index in [-0.39, 0.29) is 0 Å². The molecule has 12 rings (SSSR count). The predicted octanol–water partition coefficient (Wildman–Crippen LogP) is 16.9. The van der Waals surface area contributed by atoms with Crippen molar-refractivity contribution >= 4 is 82.5 Å². The summed E-state index contributed by atoms with van der Waals surface area (Å²) in [7, 11) is 0. The highest BCUT2D eigenvalue weighted by molar-refractivity contribution is 6.22. The maximum absolute atomic E-state index is 6.74. The summed E-state index contributed by atoms with van der Waals surface area (Å²) in [6.07, 6.45) is 0. The van der Waals surface area contributed by atoms with Crippen molar-refractivity contribution < 1.29 is 8.83 Å². The largest absolute Gasteiger partial charge is 0.455 e. The zero-order chi connectivity index (χ0) is 40.6. The Bertz CT molecular complexity index is 3430. The fourth-order valence-electron chi connectivity index (χ4n) is 9.54. The predicted molar refractivity (Wildman–Crippen MR) is 256 cm³/mol. The van der Waals surface area contributed by atoms with Crippen LogP contribution in [-0.2, 0) is 0 Å². The highest BCUT2D eigenvalue weighted by atomic mass is 16.3. The number of benzene rings is 10. The van der Waals surface area contributed by atoms with Gasteiger partial charge < -0.3 is 13.7 Å². The second-order valence-corrected chi connectivity index (χ2v) is 16.1. The summed E-state index contributed by atoms with van der Waals surface area (Å²) < 4.78 is 13.5. The molecule has 0 atom stereocenters. The van der Waals surface area contributed by atoms with Gasteiger partial charge in [-0.05, 0) is 117 Å². The fourth-order valence-corrected chi connectivity index (χ4v) is 9.54. The van der Waals surface area contributed by atoms with Gasteiger partial charge in [0.2, 0.25) is 0 Å². The van der Waals surface area contributed by atoms with Crippen LogP contribution in [0.3, 0.4) is 0 Å². The molecule has 0 unspecified atom stereocenters. The van der Waals surface area contributed by atoms with Gasteiger partial charge in [0.25, 0.3) is 0 Å². The SMILES string of the molecule is Cc1cc2ccccc2c2c1oc1c(-c3ccc(N(c4ccc(-c5ccccc5)cc4)c4ccc(-c5cccc6c5oc5c(C)cc7ccccc7c56)cc4)cc3)cccc12. The number of para-hydroxylation sites is 2. The molecule has 0 bridgehead atoms. The van der Waals surface area contributed by atoms with Gasteiger partial charge in [-0.25, -0.2) is 0 Å². The number of anilines is 3. The summed E-state index contributed by atoms with van der Waals surface area (Å²) in [5, 5.41) is 9.52. The molecular formula is C58H39NO2. The van der Waals surface area contributed by atoms with E-state index in [9.17, 15) is 0 Å². The quantitative estimate of drug-likeness (QED) is 0.168. The monoisotopic (exact) mass is 781 g/mol. The first-order chi connectivity index (χ1) is 30.1. The van der Waals surface area contributed by atoms with Crippen LogP contribution in [0, 0.1) is 13.8 Å². The highest BCUT2D eigenvalue weighted by Gasteiger charge is 2.20. The zero-order valence-corrected chi connectivity index (χ0v) is 33.8. The van der Waals surface area contributed by atoms with E-state index in [1.54, 1.807) is 0 Å². The normalized spacial score (nSPS) is 11.8. The van der Waals surface area contributed by atoms with Gasteiger partial charge in [-0.3, -0.25) is 0 Å². The summed E-state index contributed by atoms with van der Waals surface area (Å²) in [4.78, 5) is 2.33. The van der Waals surface area contributed by atoms with Crippen molar-refractivity contribution in [1.82, 2.24) is 0 Å². The number of hydrogen-bond donors (Lipinski definition) is 0. The van der Waals surface area contributed by atoms with E-state index in [0.29, 0.717) is 0 Å². The van der Waals surface area contributed by atoms with E-state index in [1.165, 1.54) is 43.4 Å². The average molecular weight is 782 g/mol. The highest BCUT2D eigenvalue weighted by Crippen LogP contribution is 2.44. The lowest BCUT2D eigenvalue weighted by Gasteiger charge is -2.26. The van der Waals surface area contributed by atoms with Gasteiger partial charge in [0.15, 0.2) is 0 Å². The van der Waals surface area contributed by atoms with Crippen molar-refractivity contribution in [1.29, 1.82) is 0 Å². The molecule has 0 saturated heterocycles. The second kappa shape index (κ2) is 13.9. The average Bonchev–Trinajstić information content (AvgIpc) is 3.92. The Labute approximate surface area is 353 Å². The Morgan fingerprint density at radius 1 is 0.311 bits per heavy atom. The van der Waals surface area contributed by atoms with Gasteiger partial charge in [0.1, 0.15) is 22.3 Å². The minimum absolute atomic E-state index is 0.913. The molecule has 0 fully saturated rings. The fraction of sp³-hybridized carbons (Fsp3) is 0.0345. The van der Waals surface area contributed by atoms with Gasteiger partial charge in [-0.15, -0.1) is 0 Å². The Balaban J connectivity index is 0.959. The molecule has 0 spiro atoms. The van der Waals surface area contributed by atoms with Crippen LogP contribution in [-0.4, -0.2) is 0 Å². The lowest BCUT2D eigenvalue weighted by Crippen LogP contribution is -2.09. The van der Waals surface area contributed by atoms with Crippen molar-refractivity contribution in [3.63, 3.8) is 0 Å². The number of aryl methyl sites for hydroxylation is 2. The van der Waals surface area contributed by atoms with E-state index >= 15 is 0 Å². The molecule has 3 heteroatoms. The maximum atomic E-state index is 6.74. The molecule has 2 heterocycles. The van der Waals surface area contributed by atoms with Gasteiger partial charge in [-0.1, -0.05) is 152 Å². The zero-order valence-electron chi connectivity index (χ0n) is 33.8. The molecule has 0 aliphatic carbocycles. The van der Waals surface area contributed by atoms with E-state index in [4.69, 9.17) is 8.83 Å². The van der Waals surface area contributed by atoms with Crippen molar-refractivity contribution in [2.24, 2.45) is 0 Å². The van der Waals surface area contributed by atoms with Crippen LogP contribution in [0.1, 0.15) is 11.1 Å². The minimum atomic E-state index is 0.913. The van der Waals surface area contributed by atoms with E-state index in [2.05, 4.69) is 219 Å². The summed E-state index contributed by atoms with van der Waals surface area (Å²) in [5.74, 6) is 0. The summed E-state index contributed by atoms with van der Waals surface area (Å²) in [5.41, 5.74) is 15.9. The van der Waals surface area contributed by atoms with Crippen LogP contribution in [0.25, 0.3) is 98.8 Å². The Morgan fingerprint density at radius 2 is 0.689 bits per heavy atom. The van der Waals surface area contributed by atoms with Crippen LogP contribution >= 0.6 is 0 Å². The molecule has 61 heavy (non-hydrogen) atoms. The van der Waals surface area contributed by atoms with Crippen LogP contribution in [0.5, 0.6) is 0 Å². The molecular weight excluding hydrogens is 743 g/mol. The van der Waals surface area contributed by atoms with E-state index in [0.717, 1.165) is 83.5 Å². The standard InChI is InChI=1S/C58H39NO2/c1-36-34-42-14-6-8-16-47(42)53-51-20-10-18-49(57(51)60-55(36)53)40-24-30-45(31-25-40)59(44-28-22-39(23-29-44)38-12-4-3-5-13-38)46-32-26-41(27-33-46)50-19-11-21-52-54-48-17-9-7-15-43(48)35-37(2)56(54)61-58(50)52/h3-35H,1-2H3. The lowest BCUT2D eigenvalue weighted by atomic mass is 9.98. The van der Waals surface area contributed by atoms with Crippen molar-refractivity contribution in [2.75, 3.05) is 4.90 Å². The van der Waals surface area contributed by atoms with Crippen LogP contribution in [0.4, 0.5) is 17.1 Å². The summed E-state index contributed by atoms with van der Waals surface area (Å²) in [6, 6.07) is 71.8. The molecule has 12 aromatic rings. The van der Waals surface area contributed by atoms with Gasteiger partial charge in [-0.2, -0.15) is 0 Å². The smallest absolute Gasteiger partial charge is 0.143 e. The molecule has 0 amide bonds. The van der Waals surface area contributed by atoms with Crippen LogP contribution in [0.15, 0.2) is 209 Å². The molecule has 0 aliphatic rings. The Kier molecular flexibility index (Phi) is 7.98. The topological polar surface area (TPSA) is 29.5 Å². The third kappa shape index (κ3) is 5.66.